The number of anilines is 1. The monoisotopic (exact) mass is 288 g/mol. The summed E-state index contributed by atoms with van der Waals surface area (Å²) in [6.45, 7) is 1.48. The molecule has 2 fully saturated rings. The van der Waals surface area contributed by atoms with E-state index in [1.807, 2.05) is 0 Å². The van der Waals surface area contributed by atoms with Crippen molar-refractivity contribution in [2.75, 3.05) is 18.5 Å². The lowest BCUT2D eigenvalue weighted by Gasteiger charge is -2.27. The van der Waals surface area contributed by atoms with Gasteiger partial charge in [-0.05, 0) is 25.2 Å². The predicted octanol–water partition coefficient (Wildman–Crippen LogP) is 1.41. The Labute approximate surface area is 121 Å². The molecule has 4 rings (SSSR count). The zero-order valence-corrected chi connectivity index (χ0v) is 11.5. The summed E-state index contributed by atoms with van der Waals surface area (Å²) >= 11 is 0. The predicted molar refractivity (Wildman–Crippen MR) is 74.5 cm³/mol. The number of carboxylic acid groups (broad SMARTS) is 1. The number of hydrogen-bond donors (Lipinski definition) is 2. The van der Waals surface area contributed by atoms with Gasteiger partial charge in [-0.2, -0.15) is 0 Å². The fraction of sp³-hybridized carbons (Fsp3) is 0.500. The Morgan fingerprint density at radius 1 is 1.62 bits per heavy atom. The van der Waals surface area contributed by atoms with Crippen LogP contribution in [0.5, 0.6) is 0 Å². The van der Waals surface area contributed by atoms with Gasteiger partial charge in [-0.1, -0.05) is 0 Å². The Kier molecular flexibility index (Phi) is 2.65. The molecular weight excluding hydrogens is 272 g/mol. The minimum atomic E-state index is -1.06. The van der Waals surface area contributed by atoms with Crippen LogP contribution in [0.3, 0.4) is 0 Å². The van der Waals surface area contributed by atoms with Crippen LogP contribution in [0.2, 0.25) is 0 Å². The van der Waals surface area contributed by atoms with Gasteiger partial charge in [0.25, 0.3) is 0 Å². The van der Waals surface area contributed by atoms with Gasteiger partial charge in [-0.15, -0.1) is 0 Å². The summed E-state index contributed by atoms with van der Waals surface area (Å²) in [6.07, 6.45) is 6.73. The molecule has 0 radical (unpaired) electrons. The standard InChI is InChI=1S/C14H16N4O3/c19-12(20)10-5-11-15-3-4-18(11)13(17-10)16-8-14-2-1-9(6-14)7-21-14/h3-5,9H,1-2,6-8H2,(H,16,17)(H,19,20). The van der Waals surface area contributed by atoms with Crippen LogP contribution in [-0.4, -0.2) is 44.2 Å². The number of carboxylic acids is 1. The fourth-order valence-electron chi connectivity index (χ4n) is 3.37. The molecule has 2 aliphatic rings. The Bertz CT molecular complexity index is 703. The van der Waals surface area contributed by atoms with E-state index in [0.717, 1.165) is 19.4 Å². The van der Waals surface area contributed by atoms with E-state index in [1.165, 1.54) is 12.5 Å². The van der Waals surface area contributed by atoms with Gasteiger partial charge >= 0.3 is 5.97 Å². The van der Waals surface area contributed by atoms with E-state index >= 15 is 0 Å². The van der Waals surface area contributed by atoms with E-state index in [2.05, 4.69) is 15.3 Å². The molecular formula is C14H16N4O3. The smallest absolute Gasteiger partial charge is 0.354 e. The number of nitrogens with one attached hydrogen (secondary N) is 1. The van der Waals surface area contributed by atoms with E-state index in [1.54, 1.807) is 16.8 Å². The highest BCUT2D eigenvalue weighted by Gasteiger charge is 2.46. The Hall–Kier alpha value is -2.15. The molecule has 110 valence electrons. The third-order valence-electron chi connectivity index (χ3n) is 4.47. The maximum Gasteiger partial charge on any atom is 0.354 e. The van der Waals surface area contributed by atoms with E-state index in [0.29, 0.717) is 24.1 Å². The van der Waals surface area contributed by atoms with Crippen LogP contribution in [0.25, 0.3) is 5.65 Å². The molecule has 0 amide bonds. The van der Waals surface area contributed by atoms with Crippen molar-refractivity contribution in [1.82, 2.24) is 14.4 Å². The summed E-state index contributed by atoms with van der Waals surface area (Å²) in [5.41, 5.74) is 0.447. The first-order chi connectivity index (χ1) is 10.2. The number of carbonyl (C=O) groups is 1. The third-order valence-corrected chi connectivity index (χ3v) is 4.47. The van der Waals surface area contributed by atoms with Crippen molar-refractivity contribution in [1.29, 1.82) is 0 Å². The molecule has 2 N–H and O–H groups in total. The largest absolute Gasteiger partial charge is 0.477 e. The van der Waals surface area contributed by atoms with Crippen molar-refractivity contribution in [2.24, 2.45) is 5.92 Å². The molecule has 7 nitrogen and oxygen atoms in total. The van der Waals surface area contributed by atoms with Crippen molar-refractivity contribution in [3.63, 3.8) is 0 Å². The van der Waals surface area contributed by atoms with Crippen LogP contribution >= 0.6 is 0 Å². The van der Waals surface area contributed by atoms with Crippen molar-refractivity contribution < 1.29 is 14.6 Å². The van der Waals surface area contributed by atoms with Crippen LogP contribution in [0.4, 0.5) is 5.95 Å². The summed E-state index contributed by atoms with van der Waals surface area (Å²) in [5, 5.41) is 12.4. The highest BCUT2D eigenvalue weighted by Crippen LogP contribution is 2.44. The first-order valence-corrected chi connectivity index (χ1v) is 7.10. The van der Waals surface area contributed by atoms with E-state index in [4.69, 9.17) is 9.84 Å². The normalized spacial score (nSPS) is 27.3. The maximum atomic E-state index is 11.2. The molecule has 0 aromatic carbocycles. The van der Waals surface area contributed by atoms with Gasteiger partial charge in [0.05, 0.1) is 12.2 Å². The third kappa shape index (κ3) is 2.04. The molecule has 2 aromatic rings. The second kappa shape index (κ2) is 4.42. The number of hydrogen-bond acceptors (Lipinski definition) is 5. The van der Waals surface area contributed by atoms with Gasteiger partial charge in [0, 0.05) is 25.0 Å². The number of aromatic carboxylic acids is 1. The number of aromatic nitrogens is 3. The topological polar surface area (TPSA) is 88.8 Å². The number of ether oxygens (including phenoxy) is 1. The van der Waals surface area contributed by atoms with Crippen LogP contribution in [0, 0.1) is 5.92 Å². The van der Waals surface area contributed by atoms with Crippen LogP contribution < -0.4 is 5.32 Å². The molecule has 2 aromatic heterocycles. The average Bonchev–Trinajstić information content (AvgIpc) is 3.19. The van der Waals surface area contributed by atoms with E-state index in [9.17, 15) is 4.79 Å². The molecule has 1 saturated heterocycles. The van der Waals surface area contributed by atoms with E-state index in [-0.39, 0.29) is 11.3 Å². The lowest BCUT2D eigenvalue weighted by atomic mass is 10.0. The Morgan fingerprint density at radius 2 is 2.52 bits per heavy atom. The first kappa shape index (κ1) is 12.6. The molecule has 2 atom stereocenters. The number of rotatable bonds is 4. The highest BCUT2D eigenvalue weighted by atomic mass is 16.5. The molecule has 2 unspecified atom stereocenters. The second-order valence-electron chi connectivity index (χ2n) is 5.88. The quantitative estimate of drug-likeness (QED) is 0.884. The van der Waals surface area contributed by atoms with Gasteiger partial charge < -0.3 is 15.2 Å². The highest BCUT2D eigenvalue weighted by molar-refractivity contribution is 5.87. The minimum Gasteiger partial charge on any atom is -0.477 e. The molecule has 1 saturated carbocycles. The van der Waals surface area contributed by atoms with Crippen LogP contribution in [-0.2, 0) is 4.74 Å². The fourth-order valence-corrected chi connectivity index (χ4v) is 3.37. The van der Waals surface area contributed by atoms with Crippen LogP contribution in [0.15, 0.2) is 18.5 Å². The average molecular weight is 288 g/mol. The van der Waals surface area contributed by atoms with Gasteiger partial charge in [0.2, 0.25) is 5.95 Å². The first-order valence-electron chi connectivity index (χ1n) is 7.10. The number of fused-ring (bicyclic) bond motifs is 3. The van der Waals surface area contributed by atoms with Crippen LogP contribution in [0.1, 0.15) is 29.8 Å². The molecule has 0 spiro atoms. The molecule has 1 aliphatic carbocycles. The number of nitrogens with zero attached hydrogens (tertiary/aromatic N) is 3. The lowest BCUT2D eigenvalue weighted by Crippen LogP contribution is -2.35. The van der Waals surface area contributed by atoms with Gasteiger partial charge in [-0.25, -0.2) is 14.8 Å². The summed E-state index contributed by atoms with van der Waals surface area (Å²) in [4.78, 5) is 19.5. The number of imidazole rings is 1. The molecule has 3 heterocycles. The SMILES string of the molecule is O=C(O)c1cc2nccn2c(NCC23CCC(CO2)C3)n1. The van der Waals surface area contributed by atoms with Crippen molar-refractivity contribution in [2.45, 2.75) is 24.9 Å². The van der Waals surface area contributed by atoms with Gasteiger partial charge in [0.15, 0.2) is 5.69 Å². The molecule has 1 aliphatic heterocycles. The van der Waals surface area contributed by atoms with Crippen molar-refractivity contribution in [3.05, 3.63) is 24.2 Å². The van der Waals surface area contributed by atoms with Crippen molar-refractivity contribution in [3.8, 4) is 0 Å². The molecule has 21 heavy (non-hydrogen) atoms. The second-order valence-corrected chi connectivity index (χ2v) is 5.88. The minimum absolute atomic E-state index is 0.00895. The zero-order valence-electron chi connectivity index (χ0n) is 11.5. The molecule has 2 bridgehead atoms. The van der Waals surface area contributed by atoms with E-state index < -0.39 is 5.97 Å². The Balaban J connectivity index is 1.63. The maximum absolute atomic E-state index is 11.2. The Morgan fingerprint density at radius 3 is 3.19 bits per heavy atom. The zero-order chi connectivity index (χ0) is 14.4. The summed E-state index contributed by atoms with van der Waals surface area (Å²) in [6, 6.07) is 1.46. The molecule has 7 heteroatoms. The summed E-state index contributed by atoms with van der Waals surface area (Å²) in [7, 11) is 0. The van der Waals surface area contributed by atoms with Gasteiger partial charge in [-0.3, -0.25) is 4.40 Å². The van der Waals surface area contributed by atoms with Gasteiger partial charge in [0.1, 0.15) is 5.65 Å². The lowest BCUT2D eigenvalue weighted by molar-refractivity contribution is -0.00659. The summed E-state index contributed by atoms with van der Waals surface area (Å²) < 4.78 is 7.66. The van der Waals surface area contributed by atoms with Crippen molar-refractivity contribution >= 4 is 17.6 Å². The summed E-state index contributed by atoms with van der Waals surface area (Å²) in [5.74, 6) is 0.119.